The van der Waals surface area contributed by atoms with Crippen LogP contribution in [0.2, 0.25) is 0 Å². The summed E-state index contributed by atoms with van der Waals surface area (Å²) in [5.74, 6) is -2.02. The van der Waals surface area contributed by atoms with Gasteiger partial charge in [-0.1, -0.05) is 13.0 Å². The van der Waals surface area contributed by atoms with Gasteiger partial charge in [0.05, 0.1) is 29.5 Å². The number of carbonyl (C=O) groups is 3. The molecule has 0 bridgehead atoms. The van der Waals surface area contributed by atoms with E-state index in [0.717, 1.165) is 26.5 Å². The molecule has 12 heteroatoms. The summed E-state index contributed by atoms with van der Waals surface area (Å²) in [6.07, 6.45) is 3.76. The van der Waals surface area contributed by atoms with Gasteiger partial charge in [-0.25, -0.2) is 14.6 Å². The van der Waals surface area contributed by atoms with Gasteiger partial charge in [-0.3, -0.25) is 9.20 Å². The lowest BCUT2D eigenvalue weighted by atomic mass is 9.66. The van der Waals surface area contributed by atoms with Crippen LogP contribution in [-0.4, -0.2) is 67.5 Å². The number of benzene rings is 1. The van der Waals surface area contributed by atoms with E-state index in [2.05, 4.69) is 4.98 Å². The second-order valence-corrected chi connectivity index (χ2v) is 12.4. The summed E-state index contributed by atoms with van der Waals surface area (Å²) in [5, 5.41) is 21.6. The van der Waals surface area contributed by atoms with Gasteiger partial charge >= 0.3 is 12.1 Å². The molecule has 1 unspecified atom stereocenters. The molecule has 212 valence electrons. The summed E-state index contributed by atoms with van der Waals surface area (Å²) in [5.41, 5.74) is 2.21. The number of hydrogen-bond acceptors (Lipinski definition) is 9. The quantitative estimate of drug-likeness (QED) is 0.168. The highest BCUT2D eigenvalue weighted by atomic mass is 32.2. The molecule has 2 aliphatic rings. The van der Waals surface area contributed by atoms with E-state index in [0.29, 0.717) is 16.2 Å². The largest absolute Gasteiger partial charge is 0.513 e. The second kappa shape index (κ2) is 10.2. The van der Waals surface area contributed by atoms with Crippen molar-refractivity contribution >= 4 is 51.5 Å². The molecule has 0 aliphatic carbocycles. The Bertz CT molecular complexity index is 1570. The number of aliphatic hydroxyl groups excluding tert-OH is 1. The number of carboxylic acids is 1. The Morgan fingerprint density at radius 1 is 1.27 bits per heavy atom. The van der Waals surface area contributed by atoms with Crippen LogP contribution in [0.4, 0.5) is 4.79 Å². The molecule has 4 atom stereocenters. The van der Waals surface area contributed by atoms with E-state index in [4.69, 9.17) is 9.47 Å². The molecule has 0 saturated carbocycles. The Labute approximate surface area is 239 Å². The van der Waals surface area contributed by atoms with Gasteiger partial charge in [0, 0.05) is 17.2 Å². The Kier molecular flexibility index (Phi) is 7.22. The first-order chi connectivity index (χ1) is 18.9. The van der Waals surface area contributed by atoms with Crippen LogP contribution in [0, 0.1) is 32.1 Å². The maximum Gasteiger partial charge on any atom is 0.513 e. The van der Waals surface area contributed by atoms with Gasteiger partial charge in [-0.2, -0.15) is 0 Å². The fourth-order valence-corrected chi connectivity index (χ4v) is 7.90. The molecule has 2 aromatic heterocycles. The topological polar surface area (TPSA) is 131 Å². The van der Waals surface area contributed by atoms with E-state index >= 15 is 0 Å². The SMILES string of the molecule is CSc1ncn2cc(C3=C(C(=O)O)N4C(=O)[C@H](C(C)O)[C@@H]4[C@@]3(C)CCOC(=O)Oc3cc(C)cc(C)c3C)sc12. The molecule has 2 N–H and O–H groups in total. The fourth-order valence-electron chi connectivity index (χ4n) is 5.94. The van der Waals surface area contributed by atoms with E-state index in [1.807, 2.05) is 50.6 Å². The number of thioether (sulfide) groups is 1. The Balaban J connectivity index is 1.47. The zero-order valence-electron chi connectivity index (χ0n) is 23.0. The van der Waals surface area contributed by atoms with Gasteiger partial charge < -0.3 is 24.6 Å². The molecule has 1 amide bonds. The first-order valence-corrected chi connectivity index (χ1v) is 14.9. The molecule has 1 fully saturated rings. The second-order valence-electron chi connectivity index (χ2n) is 10.6. The number of fused-ring (bicyclic) bond motifs is 2. The lowest BCUT2D eigenvalue weighted by molar-refractivity contribution is -0.167. The molecule has 4 heterocycles. The molecule has 10 nitrogen and oxygen atoms in total. The summed E-state index contributed by atoms with van der Waals surface area (Å²) in [6, 6.07) is 3.16. The van der Waals surface area contributed by atoms with Gasteiger partial charge in [0.15, 0.2) is 0 Å². The van der Waals surface area contributed by atoms with Crippen molar-refractivity contribution in [2.75, 3.05) is 12.9 Å². The van der Waals surface area contributed by atoms with Crippen LogP contribution >= 0.6 is 23.1 Å². The third-order valence-corrected chi connectivity index (χ3v) is 9.92. The fraction of sp³-hybridized carbons (Fsp3) is 0.429. The van der Waals surface area contributed by atoms with Crippen molar-refractivity contribution < 1.29 is 34.1 Å². The highest BCUT2D eigenvalue weighted by Crippen LogP contribution is 2.60. The van der Waals surface area contributed by atoms with Gasteiger partial charge in [0.2, 0.25) is 5.91 Å². The van der Waals surface area contributed by atoms with E-state index in [-0.39, 0.29) is 18.7 Å². The van der Waals surface area contributed by atoms with Crippen molar-refractivity contribution in [1.82, 2.24) is 14.3 Å². The van der Waals surface area contributed by atoms with Crippen LogP contribution < -0.4 is 4.74 Å². The Morgan fingerprint density at radius 3 is 2.65 bits per heavy atom. The molecular weight excluding hydrogens is 554 g/mol. The number of aliphatic carboxylic acids is 1. The normalized spacial score (nSPS) is 22.9. The Hall–Kier alpha value is -3.35. The maximum atomic E-state index is 13.1. The van der Waals surface area contributed by atoms with Crippen molar-refractivity contribution in [1.29, 1.82) is 0 Å². The van der Waals surface area contributed by atoms with E-state index in [1.54, 1.807) is 12.4 Å². The number of nitrogens with zero attached hydrogens (tertiary/aromatic N) is 3. The number of aryl methyl sites for hydroxylation is 2. The van der Waals surface area contributed by atoms with Crippen molar-refractivity contribution in [2.24, 2.45) is 11.3 Å². The van der Waals surface area contributed by atoms with Crippen LogP contribution in [0.5, 0.6) is 5.75 Å². The van der Waals surface area contributed by atoms with Crippen molar-refractivity contribution in [3.63, 3.8) is 0 Å². The predicted octanol–water partition coefficient (Wildman–Crippen LogP) is 4.67. The third kappa shape index (κ3) is 4.38. The minimum Gasteiger partial charge on any atom is -0.477 e. The predicted molar refractivity (Wildman–Crippen MR) is 151 cm³/mol. The summed E-state index contributed by atoms with van der Waals surface area (Å²) >= 11 is 2.87. The van der Waals surface area contributed by atoms with Crippen LogP contribution in [0.25, 0.3) is 10.4 Å². The molecule has 2 aliphatic heterocycles. The number of aromatic nitrogens is 2. The minimum absolute atomic E-state index is 0.0808. The number of carboxylic acid groups (broad SMARTS) is 1. The van der Waals surface area contributed by atoms with Gasteiger partial charge in [0.25, 0.3) is 0 Å². The number of ether oxygens (including phenoxy) is 2. The van der Waals surface area contributed by atoms with Gasteiger partial charge in [-0.05, 0) is 63.1 Å². The van der Waals surface area contributed by atoms with Gasteiger partial charge in [0.1, 0.15) is 27.6 Å². The molecule has 0 radical (unpaired) electrons. The highest BCUT2D eigenvalue weighted by Gasteiger charge is 2.66. The van der Waals surface area contributed by atoms with Crippen LogP contribution in [0.3, 0.4) is 0 Å². The molecule has 0 spiro atoms. The van der Waals surface area contributed by atoms with E-state index in [9.17, 15) is 24.6 Å². The van der Waals surface area contributed by atoms with Crippen LogP contribution in [0.15, 0.2) is 35.4 Å². The monoisotopic (exact) mass is 585 g/mol. The number of imidazole rings is 1. The molecule has 5 rings (SSSR count). The average molecular weight is 586 g/mol. The van der Waals surface area contributed by atoms with Crippen molar-refractivity contribution in [2.45, 2.75) is 58.2 Å². The highest BCUT2D eigenvalue weighted by molar-refractivity contribution is 7.98. The summed E-state index contributed by atoms with van der Waals surface area (Å²) in [7, 11) is 0. The summed E-state index contributed by atoms with van der Waals surface area (Å²) in [6.45, 7) is 9.02. The molecule has 40 heavy (non-hydrogen) atoms. The first-order valence-electron chi connectivity index (χ1n) is 12.8. The number of hydrogen-bond donors (Lipinski definition) is 2. The molecule has 1 saturated heterocycles. The van der Waals surface area contributed by atoms with Gasteiger partial charge in [-0.15, -0.1) is 23.1 Å². The van der Waals surface area contributed by atoms with E-state index in [1.165, 1.54) is 34.9 Å². The molecule has 1 aromatic carbocycles. The Morgan fingerprint density at radius 2 is 2.00 bits per heavy atom. The zero-order valence-corrected chi connectivity index (χ0v) is 24.7. The summed E-state index contributed by atoms with van der Waals surface area (Å²) in [4.78, 5) is 45.6. The number of rotatable bonds is 8. The van der Waals surface area contributed by atoms with Crippen LogP contribution in [0.1, 0.15) is 41.8 Å². The van der Waals surface area contributed by atoms with Crippen LogP contribution in [-0.2, 0) is 14.3 Å². The summed E-state index contributed by atoms with van der Waals surface area (Å²) < 4.78 is 12.8. The lowest BCUT2D eigenvalue weighted by Gasteiger charge is -2.50. The third-order valence-electron chi connectivity index (χ3n) is 7.98. The van der Waals surface area contributed by atoms with E-state index < -0.39 is 41.5 Å². The maximum absolute atomic E-state index is 13.1. The molecular formula is C28H31N3O7S2. The van der Waals surface area contributed by atoms with Crippen molar-refractivity contribution in [3.8, 4) is 5.75 Å². The number of thiazole rings is 1. The number of amides is 1. The number of aliphatic hydroxyl groups is 1. The molecule has 3 aromatic rings. The minimum atomic E-state index is -1.23. The first kappa shape index (κ1) is 28.2. The smallest absolute Gasteiger partial charge is 0.477 e. The van der Waals surface area contributed by atoms with Crippen molar-refractivity contribution in [3.05, 3.63) is 51.9 Å². The zero-order chi connectivity index (χ0) is 29.1. The average Bonchev–Trinajstić information content (AvgIpc) is 3.50. The number of β-lactam (4-membered cyclic amide) rings is 1. The standard InChI is InChI=1S/C28H31N3O7S2/c1-13-9-14(2)15(3)17(10-13)38-27(36)37-8-7-28(5)20(18-11-30-12-29-23(39-6)25(30)40-18)21(26(34)35)31-22(28)19(16(4)32)24(31)33/h9-12,16,19,22,32H,7-8H2,1-6H3,(H,34,35)/t16?,19-,22-,28+/m1/s1. The number of carbonyl (C=O) groups excluding carboxylic acids is 2. The lowest BCUT2D eigenvalue weighted by Crippen LogP contribution is -2.66.